The molecule has 1 N–H and O–H groups in total. The molecule has 0 aromatic heterocycles. The molecule has 0 aliphatic carbocycles. The van der Waals surface area contributed by atoms with Crippen LogP contribution < -0.4 is 5.32 Å². The van der Waals surface area contributed by atoms with Crippen molar-refractivity contribution in [2.24, 2.45) is 0 Å². The quantitative estimate of drug-likeness (QED) is 0.915. The van der Waals surface area contributed by atoms with Gasteiger partial charge >= 0.3 is 0 Å². The molecule has 1 fully saturated rings. The molecule has 110 valence electrons. The second-order valence-electron chi connectivity index (χ2n) is 5.85. The van der Waals surface area contributed by atoms with Gasteiger partial charge in [-0.3, -0.25) is 4.79 Å². The Bertz CT molecular complexity index is 462. The molecule has 0 spiro atoms. The molecule has 3 heteroatoms. The van der Waals surface area contributed by atoms with Crippen LogP contribution >= 0.6 is 0 Å². The second-order valence-corrected chi connectivity index (χ2v) is 5.85. The van der Waals surface area contributed by atoms with Crippen molar-refractivity contribution in [3.05, 3.63) is 29.3 Å². The number of hydrogen-bond acceptors (Lipinski definition) is 2. The standard InChI is InChI=1S/C17H26N2O/c1-13-9-8-10-16(14(13)2)18-15(3)17(20)19-11-6-4-5-7-12-19/h8-10,15,18H,4-7,11-12H2,1-3H3. The third kappa shape index (κ3) is 3.53. The molecule has 0 bridgehead atoms. The number of amides is 1. The summed E-state index contributed by atoms with van der Waals surface area (Å²) in [6.45, 7) is 7.99. The normalized spacial score (nSPS) is 17.4. The number of carbonyl (C=O) groups is 1. The van der Waals surface area contributed by atoms with E-state index < -0.39 is 0 Å². The molecule has 1 atom stereocenters. The number of nitrogens with one attached hydrogen (secondary N) is 1. The van der Waals surface area contributed by atoms with Crippen LogP contribution in [0.4, 0.5) is 5.69 Å². The summed E-state index contributed by atoms with van der Waals surface area (Å²) in [5.74, 6) is 0.229. The maximum absolute atomic E-state index is 12.5. The van der Waals surface area contributed by atoms with E-state index >= 15 is 0 Å². The Kier molecular flexibility index (Phi) is 5.05. The summed E-state index contributed by atoms with van der Waals surface area (Å²) in [4.78, 5) is 14.5. The van der Waals surface area contributed by atoms with E-state index in [9.17, 15) is 4.79 Å². The van der Waals surface area contributed by atoms with Crippen LogP contribution in [0, 0.1) is 13.8 Å². The highest BCUT2D eigenvalue weighted by molar-refractivity contribution is 5.84. The summed E-state index contributed by atoms with van der Waals surface area (Å²) in [5, 5.41) is 3.38. The van der Waals surface area contributed by atoms with Gasteiger partial charge in [0, 0.05) is 18.8 Å². The fourth-order valence-corrected chi connectivity index (χ4v) is 2.77. The van der Waals surface area contributed by atoms with Gasteiger partial charge in [0.2, 0.25) is 5.91 Å². The topological polar surface area (TPSA) is 32.3 Å². The fraction of sp³-hybridized carbons (Fsp3) is 0.588. The molecule has 1 aliphatic rings. The number of likely N-dealkylation sites (tertiary alicyclic amines) is 1. The third-order valence-electron chi connectivity index (χ3n) is 4.26. The van der Waals surface area contributed by atoms with Crippen LogP contribution in [0.2, 0.25) is 0 Å². The largest absolute Gasteiger partial charge is 0.374 e. The Labute approximate surface area is 122 Å². The fourth-order valence-electron chi connectivity index (χ4n) is 2.77. The van der Waals surface area contributed by atoms with Crippen molar-refractivity contribution in [3.63, 3.8) is 0 Å². The van der Waals surface area contributed by atoms with Crippen molar-refractivity contribution in [2.45, 2.75) is 52.5 Å². The Morgan fingerprint density at radius 2 is 1.80 bits per heavy atom. The van der Waals surface area contributed by atoms with E-state index in [2.05, 4.69) is 31.3 Å². The highest BCUT2D eigenvalue weighted by atomic mass is 16.2. The summed E-state index contributed by atoms with van der Waals surface area (Å²) in [6.07, 6.45) is 4.79. The molecule has 1 aromatic rings. The average molecular weight is 274 g/mol. The zero-order valence-electron chi connectivity index (χ0n) is 12.9. The van der Waals surface area contributed by atoms with Crippen LogP contribution in [0.15, 0.2) is 18.2 Å². The molecule has 1 amide bonds. The van der Waals surface area contributed by atoms with Crippen molar-refractivity contribution in [3.8, 4) is 0 Å². The van der Waals surface area contributed by atoms with Crippen LogP contribution in [-0.2, 0) is 4.79 Å². The summed E-state index contributed by atoms with van der Waals surface area (Å²) < 4.78 is 0. The molecule has 1 unspecified atom stereocenters. The Hall–Kier alpha value is -1.51. The zero-order chi connectivity index (χ0) is 14.5. The molecule has 0 radical (unpaired) electrons. The molecule has 1 heterocycles. The van der Waals surface area contributed by atoms with E-state index in [1.807, 2.05) is 17.9 Å². The number of carbonyl (C=O) groups excluding carboxylic acids is 1. The van der Waals surface area contributed by atoms with Crippen molar-refractivity contribution in [1.29, 1.82) is 0 Å². The van der Waals surface area contributed by atoms with E-state index in [1.54, 1.807) is 0 Å². The average Bonchev–Trinajstić information content (AvgIpc) is 2.72. The van der Waals surface area contributed by atoms with E-state index in [0.717, 1.165) is 31.6 Å². The number of anilines is 1. The van der Waals surface area contributed by atoms with Crippen LogP contribution in [-0.4, -0.2) is 29.9 Å². The number of benzene rings is 1. The first-order chi connectivity index (χ1) is 9.59. The maximum Gasteiger partial charge on any atom is 0.244 e. The van der Waals surface area contributed by atoms with Crippen LogP contribution in [0.5, 0.6) is 0 Å². The predicted molar refractivity (Wildman–Crippen MR) is 84.0 cm³/mol. The second kappa shape index (κ2) is 6.78. The molecule has 20 heavy (non-hydrogen) atoms. The zero-order valence-corrected chi connectivity index (χ0v) is 12.9. The predicted octanol–water partition coefficient (Wildman–Crippen LogP) is 3.51. The molecular formula is C17H26N2O. The Balaban J connectivity index is 2.01. The summed E-state index contributed by atoms with van der Waals surface area (Å²) in [7, 11) is 0. The first kappa shape index (κ1) is 14.9. The molecule has 1 saturated heterocycles. The summed E-state index contributed by atoms with van der Waals surface area (Å²) in [6, 6.07) is 6.03. The van der Waals surface area contributed by atoms with E-state index in [0.29, 0.717) is 0 Å². The van der Waals surface area contributed by atoms with Crippen molar-refractivity contribution >= 4 is 11.6 Å². The molecule has 1 aromatic carbocycles. The van der Waals surface area contributed by atoms with Crippen LogP contribution in [0.1, 0.15) is 43.7 Å². The first-order valence-electron chi connectivity index (χ1n) is 7.71. The van der Waals surface area contributed by atoms with Gasteiger partial charge in [-0.25, -0.2) is 0 Å². The van der Waals surface area contributed by atoms with E-state index in [-0.39, 0.29) is 11.9 Å². The van der Waals surface area contributed by atoms with Crippen LogP contribution in [0.25, 0.3) is 0 Å². The third-order valence-corrected chi connectivity index (χ3v) is 4.26. The smallest absolute Gasteiger partial charge is 0.244 e. The van der Waals surface area contributed by atoms with Crippen molar-refractivity contribution in [2.75, 3.05) is 18.4 Å². The van der Waals surface area contributed by atoms with Gasteiger partial charge in [0.05, 0.1) is 0 Å². The molecule has 3 nitrogen and oxygen atoms in total. The van der Waals surface area contributed by atoms with Gasteiger partial charge in [0.1, 0.15) is 6.04 Å². The van der Waals surface area contributed by atoms with Gasteiger partial charge in [0.25, 0.3) is 0 Å². The van der Waals surface area contributed by atoms with E-state index in [1.165, 1.54) is 24.0 Å². The van der Waals surface area contributed by atoms with Gasteiger partial charge in [-0.15, -0.1) is 0 Å². The number of aryl methyl sites for hydroxylation is 1. The van der Waals surface area contributed by atoms with Crippen molar-refractivity contribution < 1.29 is 4.79 Å². The Morgan fingerprint density at radius 1 is 1.15 bits per heavy atom. The van der Waals surface area contributed by atoms with Crippen molar-refractivity contribution in [1.82, 2.24) is 4.90 Å². The van der Waals surface area contributed by atoms with Gasteiger partial charge in [0.15, 0.2) is 0 Å². The number of nitrogens with zero attached hydrogens (tertiary/aromatic N) is 1. The van der Waals surface area contributed by atoms with E-state index in [4.69, 9.17) is 0 Å². The van der Waals surface area contributed by atoms with Crippen LogP contribution in [0.3, 0.4) is 0 Å². The molecule has 2 rings (SSSR count). The molecule has 1 aliphatic heterocycles. The summed E-state index contributed by atoms with van der Waals surface area (Å²) >= 11 is 0. The van der Waals surface area contributed by atoms with Gasteiger partial charge in [-0.05, 0) is 50.8 Å². The summed E-state index contributed by atoms with van der Waals surface area (Å²) in [5.41, 5.74) is 3.55. The monoisotopic (exact) mass is 274 g/mol. The lowest BCUT2D eigenvalue weighted by molar-refractivity contribution is -0.131. The minimum Gasteiger partial charge on any atom is -0.374 e. The minimum absolute atomic E-state index is 0.159. The first-order valence-corrected chi connectivity index (χ1v) is 7.71. The molecular weight excluding hydrogens is 248 g/mol. The number of rotatable bonds is 3. The lowest BCUT2D eigenvalue weighted by Crippen LogP contribution is -2.42. The van der Waals surface area contributed by atoms with Gasteiger partial charge in [-0.2, -0.15) is 0 Å². The molecule has 0 saturated carbocycles. The number of hydrogen-bond donors (Lipinski definition) is 1. The maximum atomic E-state index is 12.5. The minimum atomic E-state index is -0.159. The highest BCUT2D eigenvalue weighted by Crippen LogP contribution is 2.19. The lowest BCUT2D eigenvalue weighted by atomic mass is 10.1. The Morgan fingerprint density at radius 3 is 2.45 bits per heavy atom. The van der Waals surface area contributed by atoms with Gasteiger partial charge < -0.3 is 10.2 Å². The lowest BCUT2D eigenvalue weighted by Gasteiger charge is -2.25. The SMILES string of the molecule is Cc1cccc(NC(C)C(=O)N2CCCCCC2)c1C. The highest BCUT2D eigenvalue weighted by Gasteiger charge is 2.21. The van der Waals surface area contributed by atoms with Gasteiger partial charge in [-0.1, -0.05) is 25.0 Å².